The van der Waals surface area contributed by atoms with E-state index in [4.69, 9.17) is 10.5 Å². The van der Waals surface area contributed by atoms with E-state index in [-0.39, 0.29) is 24.0 Å². The molecule has 31 heavy (non-hydrogen) atoms. The zero-order valence-electron chi connectivity index (χ0n) is 16.8. The van der Waals surface area contributed by atoms with E-state index in [2.05, 4.69) is 25.5 Å². The average molecular weight is 420 g/mol. The van der Waals surface area contributed by atoms with Crippen LogP contribution in [0.4, 0.5) is 4.39 Å². The van der Waals surface area contributed by atoms with Gasteiger partial charge in [-0.3, -0.25) is 9.79 Å². The molecule has 158 valence electrons. The monoisotopic (exact) mass is 420 g/mol. The van der Waals surface area contributed by atoms with Crippen molar-refractivity contribution in [1.29, 1.82) is 0 Å². The molecule has 3 N–H and O–H groups in total. The molecule has 4 aliphatic rings. The van der Waals surface area contributed by atoms with Crippen molar-refractivity contribution in [2.24, 2.45) is 26.8 Å². The summed E-state index contributed by atoms with van der Waals surface area (Å²) in [5, 5.41) is 10.9. The van der Waals surface area contributed by atoms with Gasteiger partial charge in [-0.05, 0) is 49.1 Å². The van der Waals surface area contributed by atoms with E-state index >= 15 is 0 Å². The van der Waals surface area contributed by atoms with Crippen LogP contribution in [-0.4, -0.2) is 46.9 Å². The number of aliphatic imine (C=N–C) groups is 1. The van der Waals surface area contributed by atoms with Gasteiger partial charge in [0.1, 0.15) is 11.6 Å². The first-order valence-electron chi connectivity index (χ1n) is 10.1. The third-order valence-corrected chi connectivity index (χ3v) is 5.78. The molecule has 0 radical (unpaired) electrons. The van der Waals surface area contributed by atoms with Crippen LogP contribution in [0.25, 0.3) is 5.57 Å². The number of nitrogens with one attached hydrogen (secondary N) is 1. The molecular formula is C22H21FN6O2. The molecule has 4 unspecified atom stereocenters. The molecule has 0 aromatic carbocycles. The predicted octanol–water partition coefficient (Wildman–Crippen LogP) is 1.91. The van der Waals surface area contributed by atoms with Gasteiger partial charge in [-0.25, -0.2) is 4.98 Å². The van der Waals surface area contributed by atoms with Crippen LogP contribution in [-0.2, 0) is 9.53 Å². The highest BCUT2D eigenvalue weighted by atomic mass is 19.1. The first kappa shape index (κ1) is 19.5. The molecule has 0 saturated heterocycles. The number of nitrogens with two attached hydrogens (primary N) is 1. The van der Waals surface area contributed by atoms with Crippen LogP contribution >= 0.6 is 0 Å². The van der Waals surface area contributed by atoms with Gasteiger partial charge in [0, 0.05) is 30.1 Å². The molecule has 9 heteroatoms. The van der Waals surface area contributed by atoms with Crippen molar-refractivity contribution in [1.82, 2.24) is 10.3 Å². The van der Waals surface area contributed by atoms with Gasteiger partial charge in [-0.1, -0.05) is 12.2 Å². The lowest BCUT2D eigenvalue weighted by atomic mass is 9.95. The Balaban J connectivity index is 1.30. The van der Waals surface area contributed by atoms with Crippen molar-refractivity contribution in [3.05, 3.63) is 59.3 Å². The Labute approximate surface area is 178 Å². The van der Waals surface area contributed by atoms with Gasteiger partial charge >= 0.3 is 0 Å². The molecule has 8 nitrogen and oxygen atoms in total. The van der Waals surface area contributed by atoms with E-state index in [9.17, 15) is 9.18 Å². The van der Waals surface area contributed by atoms with E-state index in [1.165, 1.54) is 12.3 Å². The van der Waals surface area contributed by atoms with Gasteiger partial charge in [-0.2, -0.15) is 9.49 Å². The molecule has 0 bridgehead atoms. The van der Waals surface area contributed by atoms with E-state index in [1.807, 2.05) is 25.2 Å². The summed E-state index contributed by atoms with van der Waals surface area (Å²) in [7, 11) is 0. The van der Waals surface area contributed by atoms with Crippen LogP contribution in [0.2, 0.25) is 0 Å². The zero-order valence-corrected chi connectivity index (χ0v) is 16.8. The number of carbonyl (C=O) groups is 1. The van der Waals surface area contributed by atoms with Crippen molar-refractivity contribution < 1.29 is 13.9 Å². The van der Waals surface area contributed by atoms with Gasteiger partial charge in [-0.15, -0.1) is 5.10 Å². The van der Waals surface area contributed by atoms with Crippen LogP contribution in [0.3, 0.4) is 0 Å². The van der Waals surface area contributed by atoms with E-state index in [0.717, 1.165) is 16.7 Å². The number of halogens is 1. The Kier molecular flexibility index (Phi) is 4.62. The Morgan fingerprint density at radius 1 is 1.35 bits per heavy atom. The number of nitrogens with zero attached hydrogens (tertiary/aromatic N) is 4. The number of ether oxygens (including phenoxy) is 1. The highest BCUT2D eigenvalue weighted by Crippen LogP contribution is 2.51. The Hall–Kier alpha value is -3.46. The molecule has 2 aliphatic carbocycles. The molecular weight excluding hydrogens is 399 g/mol. The minimum atomic E-state index is -0.826. The summed E-state index contributed by atoms with van der Waals surface area (Å²) in [6.07, 6.45) is 11.4. The van der Waals surface area contributed by atoms with Gasteiger partial charge in [0.05, 0.1) is 11.8 Å². The van der Waals surface area contributed by atoms with Gasteiger partial charge < -0.3 is 15.8 Å². The second-order valence-corrected chi connectivity index (χ2v) is 8.03. The Morgan fingerprint density at radius 2 is 2.23 bits per heavy atom. The fraction of sp³-hybridized carbons (Fsp3) is 0.318. The highest BCUT2D eigenvalue weighted by molar-refractivity contribution is 6.15. The maximum absolute atomic E-state index is 13.1. The largest absolute Gasteiger partial charge is 0.467 e. The summed E-state index contributed by atoms with van der Waals surface area (Å²) >= 11 is 0. The topological polar surface area (TPSA) is 114 Å². The van der Waals surface area contributed by atoms with Crippen molar-refractivity contribution in [3.8, 4) is 0 Å². The number of aromatic nitrogens is 1. The molecule has 1 fully saturated rings. The maximum Gasteiger partial charge on any atom is 0.252 e. The third kappa shape index (κ3) is 3.61. The number of pyridine rings is 1. The summed E-state index contributed by atoms with van der Waals surface area (Å²) in [5.74, 6) is -0.347. The fourth-order valence-electron chi connectivity index (χ4n) is 3.88. The van der Waals surface area contributed by atoms with E-state index in [0.29, 0.717) is 24.4 Å². The molecule has 3 heterocycles. The van der Waals surface area contributed by atoms with Gasteiger partial charge in [0.25, 0.3) is 5.91 Å². The number of allylic oxidation sites excluding steroid dienone is 2. The van der Waals surface area contributed by atoms with Crippen LogP contribution in [0.1, 0.15) is 25.3 Å². The van der Waals surface area contributed by atoms with Crippen molar-refractivity contribution >= 4 is 29.8 Å². The number of dihydropyridines is 1. The van der Waals surface area contributed by atoms with Gasteiger partial charge in [0.15, 0.2) is 0 Å². The fourth-order valence-corrected chi connectivity index (χ4v) is 3.88. The van der Waals surface area contributed by atoms with E-state index in [1.54, 1.807) is 18.5 Å². The average Bonchev–Trinajstić information content (AvgIpc) is 3.51. The summed E-state index contributed by atoms with van der Waals surface area (Å²) < 4.78 is 18.8. The SMILES string of the molecule is CC1C=NN=C(C2=CC3CC3(C(=O)NC3=CC(c4ccc(F)nc4)=CCC3N)N=C2)O1. The van der Waals surface area contributed by atoms with Crippen molar-refractivity contribution in [3.63, 3.8) is 0 Å². The van der Waals surface area contributed by atoms with E-state index < -0.39 is 11.5 Å². The number of hydrogen-bond acceptors (Lipinski definition) is 7. The smallest absolute Gasteiger partial charge is 0.252 e. The number of hydrogen-bond donors (Lipinski definition) is 2. The van der Waals surface area contributed by atoms with Crippen LogP contribution in [0.15, 0.2) is 63.0 Å². The second kappa shape index (κ2) is 7.35. The summed E-state index contributed by atoms with van der Waals surface area (Å²) in [5.41, 5.74) is 8.33. The molecule has 1 aromatic heterocycles. The number of rotatable bonds is 4. The molecule has 1 amide bonds. The number of amides is 1. The third-order valence-electron chi connectivity index (χ3n) is 5.78. The van der Waals surface area contributed by atoms with Crippen LogP contribution in [0, 0.1) is 11.9 Å². The summed E-state index contributed by atoms with van der Waals surface area (Å²) in [4.78, 5) is 21.3. The van der Waals surface area contributed by atoms with Crippen LogP contribution in [0.5, 0.6) is 0 Å². The zero-order chi connectivity index (χ0) is 21.6. The molecule has 1 saturated carbocycles. The minimum absolute atomic E-state index is 0.0308. The number of carbonyl (C=O) groups excluding carboxylic acids is 1. The summed E-state index contributed by atoms with van der Waals surface area (Å²) in [6.45, 7) is 1.87. The van der Waals surface area contributed by atoms with Crippen molar-refractivity contribution in [2.75, 3.05) is 0 Å². The number of fused-ring (bicyclic) bond motifs is 1. The quantitative estimate of drug-likeness (QED) is 0.724. The first-order valence-corrected chi connectivity index (χ1v) is 10.1. The normalized spacial score (nSPS) is 30.9. The molecule has 2 aliphatic heterocycles. The van der Waals surface area contributed by atoms with Crippen molar-refractivity contribution in [2.45, 2.75) is 37.5 Å². The maximum atomic E-state index is 13.1. The molecule has 0 spiro atoms. The minimum Gasteiger partial charge on any atom is -0.467 e. The Bertz CT molecular complexity index is 1120. The molecule has 4 atom stereocenters. The lowest BCUT2D eigenvalue weighted by Gasteiger charge is -2.24. The summed E-state index contributed by atoms with van der Waals surface area (Å²) in [6, 6.07) is 2.62. The lowest BCUT2D eigenvalue weighted by Crippen LogP contribution is -2.42. The van der Waals surface area contributed by atoms with Crippen LogP contribution < -0.4 is 11.1 Å². The highest BCUT2D eigenvalue weighted by Gasteiger charge is 2.60. The molecule has 5 rings (SSSR count). The molecule has 1 aromatic rings. The lowest BCUT2D eigenvalue weighted by molar-refractivity contribution is -0.122. The second-order valence-electron chi connectivity index (χ2n) is 8.03. The van der Waals surface area contributed by atoms with Gasteiger partial charge in [0.2, 0.25) is 11.8 Å². The Morgan fingerprint density at radius 3 is 2.97 bits per heavy atom. The predicted molar refractivity (Wildman–Crippen MR) is 115 cm³/mol. The standard InChI is InChI=1S/C22H21FN6O2/c1-12-9-27-29-20(31-12)15-6-16-8-22(16,26-11-15)21(30)28-18-7-13(2-4-17(18)24)14-3-5-19(23)25-10-14/h2-3,5-7,9-12,16-17H,4,8,24H2,1H3,(H,28,30). The first-order chi connectivity index (χ1) is 14.9.